The SMILES string of the molecule is COCCCNCc1cn(Cc2ccc(Cl)cc2Cl)c2ccccc12. The lowest BCUT2D eigenvalue weighted by atomic mass is 10.2. The van der Waals surface area contributed by atoms with E-state index in [0.717, 1.165) is 38.2 Å². The number of methoxy groups -OCH3 is 1. The van der Waals surface area contributed by atoms with Crippen molar-refractivity contribution in [2.75, 3.05) is 20.3 Å². The molecule has 5 heteroatoms. The zero-order valence-electron chi connectivity index (χ0n) is 14.3. The molecule has 3 nitrogen and oxygen atoms in total. The van der Waals surface area contributed by atoms with E-state index in [4.69, 9.17) is 27.9 Å². The van der Waals surface area contributed by atoms with E-state index in [1.807, 2.05) is 12.1 Å². The number of hydrogen-bond donors (Lipinski definition) is 1. The van der Waals surface area contributed by atoms with Crippen LogP contribution in [0.15, 0.2) is 48.7 Å². The Labute approximate surface area is 158 Å². The normalized spacial score (nSPS) is 11.3. The highest BCUT2D eigenvalue weighted by molar-refractivity contribution is 6.35. The molecule has 0 unspecified atom stereocenters. The molecule has 0 aliphatic carbocycles. The third kappa shape index (κ3) is 4.56. The Balaban J connectivity index is 1.81. The topological polar surface area (TPSA) is 26.2 Å². The highest BCUT2D eigenvalue weighted by Gasteiger charge is 2.10. The third-order valence-corrected chi connectivity index (χ3v) is 4.83. The number of benzene rings is 2. The molecule has 0 bridgehead atoms. The molecular weight excluding hydrogens is 355 g/mol. The molecule has 0 saturated carbocycles. The van der Waals surface area contributed by atoms with Crippen LogP contribution < -0.4 is 5.32 Å². The van der Waals surface area contributed by atoms with Gasteiger partial charge in [0, 0.05) is 54.0 Å². The monoisotopic (exact) mass is 376 g/mol. The number of ether oxygens (including phenoxy) is 1. The van der Waals surface area contributed by atoms with Crippen LogP contribution >= 0.6 is 23.2 Å². The third-order valence-electron chi connectivity index (χ3n) is 4.24. The van der Waals surface area contributed by atoms with E-state index in [2.05, 4.69) is 40.3 Å². The van der Waals surface area contributed by atoms with Crippen molar-refractivity contribution in [1.29, 1.82) is 0 Å². The standard InChI is InChI=1S/C20H22Cl2N2O/c1-25-10-4-9-23-12-16-14-24(20-6-3-2-5-18(16)20)13-15-7-8-17(21)11-19(15)22/h2-3,5-8,11,14,23H,4,9-10,12-13H2,1H3. The van der Waals surface area contributed by atoms with Gasteiger partial charge in [0.25, 0.3) is 0 Å². The van der Waals surface area contributed by atoms with E-state index in [1.165, 1.54) is 16.5 Å². The first-order valence-corrected chi connectivity index (χ1v) is 9.15. The van der Waals surface area contributed by atoms with Crippen molar-refractivity contribution in [1.82, 2.24) is 9.88 Å². The van der Waals surface area contributed by atoms with E-state index in [0.29, 0.717) is 10.0 Å². The first kappa shape index (κ1) is 18.3. The first-order chi connectivity index (χ1) is 12.2. The lowest BCUT2D eigenvalue weighted by Gasteiger charge is -2.08. The number of nitrogens with one attached hydrogen (secondary N) is 1. The summed E-state index contributed by atoms with van der Waals surface area (Å²) in [6.07, 6.45) is 3.22. The van der Waals surface area contributed by atoms with Gasteiger partial charge in [-0.1, -0.05) is 47.5 Å². The average Bonchev–Trinajstić information content (AvgIpc) is 2.95. The van der Waals surface area contributed by atoms with Crippen molar-refractivity contribution in [3.63, 3.8) is 0 Å². The highest BCUT2D eigenvalue weighted by atomic mass is 35.5. The molecule has 0 aliphatic rings. The summed E-state index contributed by atoms with van der Waals surface area (Å²) in [6, 6.07) is 14.1. The molecule has 0 radical (unpaired) electrons. The minimum atomic E-state index is 0.659. The summed E-state index contributed by atoms with van der Waals surface area (Å²) in [6.45, 7) is 3.28. The summed E-state index contributed by atoms with van der Waals surface area (Å²) in [5.41, 5.74) is 3.56. The van der Waals surface area contributed by atoms with Gasteiger partial charge in [-0.15, -0.1) is 0 Å². The number of rotatable bonds is 8. The fraction of sp³-hybridized carbons (Fsp3) is 0.300. The Bertz CT molecular complexity index is 845. The van der Waals surface area contributed by atoms with Crippen molar-refractivity contribution >= 4 is 34.1 Å². The number of halogens is 2. The molecule has 25 heavy (non-hydrogen) atoms. The molecule has 3 aromatic rings. The van der Waals surface area contributed by atoms with Gasteiger partial charge in [-0.25, -0.2) is 0 Å². The molecule has 0 aliphatic heterocycles. The molecule has 132 valence electrons. The first-order valence-electron chi connectivity index (χ1n) is 8.39. The van der Waals surface area contributed by atoms with E-state index in [1.54, 1.807) is 13.2 Å². The molecule has 0 amide bonds. The van der Waals surface area contributed by atoms with Crippen LogP contribution in [-0.4, -0.2) is 24.8 Å². The van der Waals surface area contributed by atoms with Crippen LogP contribution in [0.25, 0.3) is 10.9 Å². The second kappa shape index (κ2) is 8.72. The van der Waals surface area contributed by atoms with E-state index < -0.39 is 0 Å². The lowest BCUT2D eigenvalue weighted by molar-refractivity contribution is 0.194. The van der Waals surface area contributed by atoms with Gasteiger partial charge in [0.15, 0.2) is 0 Å². The van der Waals surface area contributed by atoms with Gasteiger partial charge in [-0.3, -0.25) is 0 Å². The molecule has 1 N–H and O–H groups in total. The number of aromatic nitrogens is 1. The van der Waals surface area contributed by atoms with E-state index >= 15 is 0 Å². The summed E-state index contributed by atoms with van der Waals surface area (Å²) in [7, 11) is 1.73. The van der Waals surface area contributed by atoms with Gasteiger partial charge in [-0.05, 0) is 42.3 Å². The van der Waals surface area contributed by atoms with Crippen LogP contribution in [0.5, 0.6) is 0 Å². The van der Waals surface area contributed by atoms with Crippen LogP contribution in [0.2, 0.25) is 10.0 Å². The molecule has 2 aromatic carbocycles. The van der Waals surface area contributed by atoms with Crippen molar-refractivity contribution in [2.45, 2.75) is 19.5 Å². The molecule has 1 heterocycles. The Kier molecular flexibility index (Phi) is 6.38. The molecule has 0 spiro atoms. The molecule has 0 atom stereocenters. The smallest absolute Gasteiger partial charge is 0.0491 e. The van der Waals surface area contributed by atoms with E-state index in [9.17, 15) is 0 Å². The summed E-state index contributed by atoms with van der Waals surface area (Å²) in [4.78, 5) is 0. The van der Waals surface area contributed by atoms with Crippen LogP contribution in [-0.2, 0) is 17.8 Å². The second-order valence-electron chi connectivity index (χ2n) is 6.06. The summed E-state index contributed by atoms with van der Waals surface area (Å²) < 4.78 is 7.34. The fourth-order valence-corrected chi connectivity index (χ4v) is 3.46. The Hall–Kier alpha value is -1.52. The van der Waals surface area contributed by atoms with Crippen LogP contribution in [0, 0.1) is 0 Å². The summed E-state index contributed by atoms with van der Waals surface area (Å²) in [5, 5.41) is 6.12. The summed E-state index contributed by atoms with van der Waals surface area (Å²) >= 11 is 12.4. The number of nitrogens with zero attached hydrogens (tertiary/aromatic N) is 1. The summed E-state index contributed by atoms with van der Waals surface area (Å²) in [5.74, 6) is 0. The fourth-order valence-electron chi connectivity index (χ4n) is 2.99. The van der Waals surface area contributed by atoms with E-state index in [-0.39, 0.29) is 0 Å². The largest absolute Gasteiger partial charge is 0.385 e. The molecule has 1 aromatic heterocycles. The zero-order valence-corrected chi connectivity index (χ0v) is 15.8. The number of fused-ring (bicyclic) bond motifs is 1. The van der Waals surface area contributed by atoms with Crippen molar-refractivity contribution in [2.24, 2.45) is 0 Å². The maximum atomic E-state index is 6.35. The Morgan fingerprint density at radius 2 is 1.92 bits per heavy atom. The van der Waals surface area contributed by atoms with Gasteiger partial charge in [0.1, 0.15) is 0 Å². The maximum Gasteiger partial charge on any atom is 0.0491 e. The van der Waals surface area contributed by atoms with Crippen LogP contribution in [0.1, 0.15) is 17.5 Å². The Morgan fingerprint density at radius 3 is 2.72 bits per heavy atom. The Morgan fingerprint density at radius 1 is 1.08 bits per heavy atom. The van der Waals surface area contributed by atoms with Crippen LogP contribution in [0.3, 0.4) is 0 Å². The molecule has 3 rings (SSSR count). The van der Waals surface area contributed by atoms with Gasteiger partial charge in [0.2, 0.25) is 0 Å². The second-order valence-corrected chi connectivity index (χ2v) is 6.90. The number of hydrogen-bond acceptors (Lipinski definition) is 2. The predicted molar refractivity (Wildman–Crippen MR) is 106 cm³/mol. The minimum Gasteiger partial charge on any atom is -0.385 e. The highest BCUT2D eigenvalue weighted by Crippen LogP contribution is 2.26. The quantitative estimate of drug-likeness (QED) is 0.552. The number of para-hydroxylation sites is 1. The molecular formula is C20H22Cl2N2O. The van der Waals surface area contributed by atoms with Gasteiger partial charge in [0.05, 0.1) is 0 Å². The molecule has 0 fully saturated rings. The van der Waals surface area contributed by atoms with Crippen LogP contribution in [0.4, 0.5) is 0 Å². The minimum absolute atomic E-state index is 0.659. The van der Waals surface area contributed by atoms with Gasteiger partial charge < -0.3 is 14.6 Å². The molecule has 0 saturated heterocycles. The van der Waals surface area contributed by atoms with Crippen molar-refractivity contribution < 1.29 is 4.74 Å². The van der Waals surface area contributed by atoms with Gasteiger partial charge >= 0.3 is 0 Å². The zero-order chi connectivity index (χ0) is 17.6. The lowest BCUT2D eigenvalue weighted by Crippen LogP contribution is -2.15. The van der Waals surface area contributed by atoms with Crippen molar-refractivity contribution in [3.05, 3.63) is 69.8 Å². The average molecular weight is 377 g/mol. The van der Waals surface area contributed by atoms with Gasteiger partial charge in [-0.2, -0.15) is 0 Å². The predicted octanol–water partition coefficient (Wildman–Crippen LogP) is 5.12. The maximum absolute atomic E-state index is 6.35. The van der Waals surface area contributed by atoms with Crippen molar-refractivity contribution in [3.8, 4) is 0 Å².